The minimum atomic E-state index is -1.27. The van der Waals surface area contributed by atoms with Crippen LogP contribution in [0.15, 0.2) is 104 Å². The first kappa shape index (κ1) is 33.9. The molecule has 0 fully saturated rings. The van der Waals surface area contributed by atoms with Crippen LogP contribution >= 0.6 is 0 Å². The summed E-state index contributed by atoms with van der Waals surface area (Å²) < 4.78 is 9.60. The Bertz CT molecular complexity index is 1980. The van der Waals surface area contributed by atoms with Gasteiger partial charge in [-0.05, 0) is 55.7 Å². The zero-order valence-electron chi connectivity index (χ0n) is 26.7. The fourth-order valence-corrected chi connectivity index (χ4v) is 5.47. The standard InChI is InChI=1S/C33H30N8O8/c1-16-20(28(42)36-30(44)25(16)40-38-22-11-7-5-9-18(22)32(46)48-3)15-21(27-34-13-14-35-27)24-17(2)26(31(45)37-29(24)43)41-39-23-12-8-6-10-19(23)33(47)49-4/h5-14,21,25-26H,15H2,1-4H3,(H,34,35)(H,36,42,44)(H,37,43,45). The molecule has 3 unspecified atom stereocenters. The van der Waals surface area contributed by atoms with Gasteiger partial charge in [-0.25, -0.2) is 14.6 Å². The van der Waals surface area contributed by atoms with E-state index in [0.29, 0.717) is 5.82 Å². The normalized spacial score (nSPS) is 18.9. The predicted octanol–water partition coefficient (Wildman–Crippen LogP) is 3.71. The lowest BCUT2D eigenvalue weighted by Crippen LogP contribution is -2.47. The first-order valence-electron chi connectivity index (χ1n) is 14.8. The first-order valence-corrected chi connectivity index (χ1v) is 14.8. The van der Waals surface area contributed by atoms with E-state index in [1.54, 1.807) is 38.1 Å². The Morgan fingerprint density at radius 1 is 0.776 bits per heavy atom. The molecule has 0 aliphatic carbocycles. The van der Waals surface area contributed by atoms with E-state index in [4.69, 9.17) is 9.47 Å². The van der Waals surface area contributed by atoms with Crippen molar-refractivity contribution >= 4 is 46.9 Å². The van der Waals surface area contributed by atoms with Crippen LogP contribution in [0.1, 0.15) is 52.7 Å². The molecule has 0 spiro atoms. The molecule has 3 N–H and O–H groups in total. The maximum absolute atomic E-state index is 13.4. The third kappa shape index (κ3) is 6.97. The van der Waals surface area contributed by atoms with Crippen LogP contribution in [0.4, 0.5) is 11.4 Å². The maximum atomic E-state index is 13.4. The van der Waals surface area contributed by atoms with Crippen molar-refractivity contribution < 1.29 is 38.2 Å². The summed E-state index contributed by atoms with van der Waals surface area (Å²) in [5.41, 5.74) is 1.26. The topological polar surface area (TPSA) is 223 Å². The Hall–Kier alpha value is -6.45. The highest BCUT2D eigenvalue weighted by Gasteiger charge is 2.41. The molecule has 0 saturated carbocycles. The second kappa shape index (κ2) is 14.5. The molecule has 2 aliphatic rings. The van der Waals surface area contributed by atoms with Crippen molar-refractivity contribution in [1.82, 2.24) is 20.6 Å². The number of rotatable bonds is 10. The molecular weight excluding hydrogens is 636 g/mol. The number of methoxy groups -OCH3 is 2. The Balaban J connectivity index is 1.54. The van der Waals surface area contributed by atoms with Crippen LogP contribution in [0.25, 0.3) is 0 Å². The number of aromatic amines is 1. The van der Waals surface area contributed by atoms with Gasteiger partial charge < -0.3 is 14.5 Å². The summed E-state index contributed by atoms with van der Waals surface area (Å²) in [7, 11) is 2.44. The number of azo groups is 2. The van der Waals surface area contributed by atoms with E-state index >= 15 is 0 Å². The number of imide groups is 2. The fraction of sp³-hybridized carbons (Fsp3) is 0.242. The molecule has 0 bridgehead atoms. The second-order valence-corrected chi connectivity index (χ2v) is 10.9. The molecule has 16 heteroatoms. The Kier molecular flexibility index (Phi) is 10.1. The number of hydrogen-bond donors (Lipinski definition) is 3. The van der Waals surface area contributed by atoms with Crippen LogP contribution in [0.3, 0.4) is 0 Å². The number of ether oxygens (including phenoxy) is 2. The average Bonchev–Trinajstić information content (AvgIpc) is 3.63. The summed E-state index contributed by atoms with van der Waals surface area (Å²) in [4.78, 5) is 84.4. The molecule has 0 saturated heterocycles. The Labute approximate surface area is 278 Å². The van der Waals surface area contributed by atoms with E-state index in [-0.39, 0.29) is 51.2 Å². The number of carbonyl (C=O) groups excluding carboxylic acids is 6. The molecule has 2 aromatic carbocycles. The molecule has 2 aliphatic heterocycles. The minimum absolute atomic E-state index is 0.0925. The summed E-state index contributed by atoms with van der Waals surface area (Å²) in [5, 5.41) is 21.2. The monoisotopic (exact) mass is 666 g/mol. The second-order valence-electron chi connectivity index (χ2n) is 10.9. The van der Waals surface area contributed by atoms with Crippen molar-refractivity contribution in [2.24, 2.45) is 20.5 Å². The molecule has 3 atom stereocenters. The van der Waals surface area contributed by atoms with E-state index in [1.807, 2.05) is 0 Å². The molecule has 4 amide bonds. The van der Waals surface area contributed by atoms with Crippen LogP contribution in [0, 0.1) is 0 Å². The van der Waals surface area contributed by atoms with Gasteiger partial charge in [-0.3, -0.25) is 29.8 Å². The highest BCUT2D eigenvalue weighted by Crippen LogP contribution is 2.37. The lowest BCUT2D eigenvalue weighted by Gasteiger charge is -2.29. The number of carbonyl (C=O) groups is 6. The molecule has 250 valence electrons. The molecule has 3 heterocycles. The van der Waals surface area contributed by atoms with Gasteiger partial charge in [0, 0.05) is 23.5 Å². The van der Waals surface area contributed by atoms with Crippen molar-refractivity contribution in [1.29, 1.82) is 0 Å². The zero-order chi connectivity index (χ0) is 35.2. The molecule has 3 aromatic rings. The van der Waals surface area contributed by atoms with E-state index in [2.05, 4.69) is 41.1 Å². The van der Waals surface area contributed by atoms with Gasteiger partial charge in [0.15, 0.2) is 12.1 Å². The number of hydrogen-bond acceptors (Lipinski definition) is 13. The summed E-state index contributed by atoms with van der Waals surface area (Å²) in [6, 6.07) is 10.0. The molecule has 16 nitrogen and oxygen atoms in total. The van der Waals surface area contributed by atoms with Gasteiger partial charge in [-0.2, -0.15) is 20.5 Å². The Morgan fingerprint density at radius 2 is 1.29 bits per heavy atom. The van der Waals surface area contributed by atoms with Gasteiger partial charge in [0.1, 0.15) is 5.82 Å². The molecule has 1 aromatic heterocycles. The number of imidazole rings is 1. The van der Waals surface area contributed by atoms with E-state index in [0.717, 1.165) is 0 Å². The van der Waals surface area contributed by atoms with Crippen molar-refractivity contribution in [3.8, 4) is 0 Å². The van der Waals surface area contributed by atoms with Crippen LogP contribution in [-0.2, 0) is 28.7 Å². The molecule has 0 radical (unpaired) electrons. The maximum Gasteiger partial charge on any atom is 0.340 e. The van der Waals surface area contributed by atoms with Crippen molar-refractivity contribution in [3.63, 3.8) is 0 Å². The zero-order valence-corrected chi connectivity index (χ0v) is 26.7. The van der Waals surface area contributed by atoms with Gasteiger partial charge in [0.25, 0.3) is 23.6 Å². The van der Waals surface area contributed by atoms with Gasteiger partial charge in [-0.1, -0.05) is 24.3 Å². The first-order chi connectivity index (χ1) is 23.5. The van der Waals surface area contributed by atoms with Gasteiger partial charge in [-0.15, -0.1) is 0 Å². The number of nitrogens with zero attached hydrogens (tertiary/aromatic N) is 5. The number of esters is 2. The highest BCUT2D eigenvalue weighted by atomic mass is 16.5. The quantitative estimate of drug-likeness (QED) is 0.163. The Morgan fingerprint density at radius 3 is 1.80 bits per heavy atom. The SMILES string of the molecule is COC(=O)c1ccccc1N=NC1C(=O)NC(=O)C(CC(C2=C(C)C(N=Nc3ccccc3C(=O)OC)C(=O)NC2=O)c2ncc[nH]2)=C1C. The fourth-order valence-electron chi connectivity index (χ4n) is 5.47. The molecule has 49 heavy (non-hydrogen) atoms. The highest BCUT2D eigenvalue weighted by molar-refractivity contribution is 6.13. The number of benzene rings is 2. The lowest BCUT2D eigenvalue weighted by molar-refractivity contribution is -0.132. The number of aromatic nitrogens is 2. The van der Waals surface area contributed by atoms with Gasteiger partial charge in [0.2, 0.25) is 0 Å². The van der Waals surface area contributed by atoms with Crippen molar-refractivity contribution in [3.05, 3.63) is 100 Å². The number of nitrogens with one attached hydrogen (secondary N) is 3. The molecule has 5 rings (SSSR count). The summed E-state index contributed by atoms with van der Waals surface area (Å²) in [6.07, 6.45) is 2.85. The van der Waals surface area contributed by atoms with Crippen LogP contribution in [0.2, 0.25) is 0 Å². The third-order valence-electron chi connectivity index (χ3n) is 8.00. The van der Waals surface area contributed by atoms with Crippen LogP contribution in [-0.4, -0.2) is 71.8 Å². The van der Waals surface area contributed by atoms with Crippen molar-refractivity contribution in [2.45, 2.75) is 38.3 Å². The smallest absolute Gasteiger partial charge is 0.340 e. The average molecular weight is 667 g/mol. The minimum Gasteiger partial charge on any atom is -0.465 e. The molecular formula is C33H30N8O8. The number of H-pyrrole nitrogens is 1. The van der Waals surface area contributed by atoms with Gasteiger partial charge in [0.05, 0.1) is 42.6 Å². The summed E-state index contributed by atoms with van der Waals surface area (Å²) in [5.74, 6) is -4.84. The third-order valence-corrected chi connectivity index (χ3v) is 8.00. The van der Waals surface area contributed by atoms with Crippen LogP contribution < -0.4 is 10.6 Å². The summed E-state index contributed by atoms with van der Waals surface area (Å²) in [6.45, 7) is 3.09. The lowest BCUT2D eigenvalue weighted by atomic mass is 9.81. The van der Waals surface area contributed by atoms with Crippen molar-refractivity contribution in [2.75, 3.05) is 14.2 Å². The largest absolute Gasteiger partial charge is 0.465 e. The van der Waals surface area contributed by atoms with Gasteiger partial charge >= 0.3 is 11.9 Å². The van der Waals surface area contributed by atoms with E-state index in [9.17, 15) is 28.8 Å². The number of amides is 4. The van der Waals surface area contributed by atoms with E-state index in [1.165, 1.54) is 50.9 Å². The summed E-state index contributed by atoms with van der Waals surface area (Å²) >= 11 is 0. The predicted molar refractivity (Wildman–Crippen MR) is 170 cm³/mol. The van der Waals surface area contributed by atoms with Crippen LogP contribution in [0.5, 0.6) is 0 Å². The van der Waals surface area contributed by atoms with E-state index < -0.39 is 53.6 Å².